The van der Waals surface area contributed by atoms with Crippen molar-refractivity contribution in [2.75, 3.05) is 31.7 Å². The van der Waals surface area contributed by atoms with Gasteiger partial charge in [-0.1, -0.05) is 11.6 Å². The molecule has 34 heavy (non-hydrogen) atoms. The fourth-order valence-corrected chi connectivity index (χ4v) is 3.16. The Labute approximate surface area is 204 Å². The van der Waals surface area contributed by atoms with E-state index in [1.54, 1.807) is 44.2 Å². The van der Waals surface area contributed by atoms with Crippen molar-refractivity contribution < 1.29 is 28.5 Å². The molecule has 0 aliphatic heterocycles. The Balaban J connectivity index is 2.39. The summed E-state index contributed by atoms with van der Waals surface area (Å²) in [6.45, 7) is 10.1. The summed E-state index contributed by atoms with van der Waals surface area (Å²) in [7, 11) is 0. The van der Waals surface area contributed by atoms with E-state index in [0.29, 0.717) is 60.1 Å². The highest BCUT2D eigenvalue weighted by atomic mass is 35.5. The van der Waals surface area contributed by atoms with Crippen molar-refractivity contribution in [2.45, 2.75) is 40.7 Å². The van der Waals surface area contributed by atoms with Crippen molar-refractivity contribution in [3.8, 4) is 23.0 Å². The van der Waals surface area contributed by atoms with Crippen molar-refractivity contribution in [3.05, 3.63) is 35.4 Å². The number of hydrogen-bond donors (Lipinski definition) is 1. The quantitative estimate of drug-likeness (QED) is 0.288. The minimum Gasteiger partial charge on any atom is -0.494 e. The van der Waals surface area contributed by atoms with Crippen LogP contribution in [0.5, 0.6) is 23.0 Å². The fraction of sp³-hybridized carbons (Fsp3) is 0.417. The molecule has 0 aromatic heterocycles. The number of ether oxygens (including phenoxy) is 4. The zero-order chi connectivity index (χ0) is 25.1. The third-order valence-electron chi connectivity index (χ3n) is 4.33. The van der Waals surface area contributed by atoms with E-state index in [4.69, 9.17) is 30.5 Å². The molecule has 10 heteroatoms. The van der Waals surface area contributed by atoms with Crippen molar-refractivity contribution in [2.24, 2.45) is 10.2 Å². The fourth-order valence-electron chi connectivity index (χ4n) is 2.96. The first-order valence-corrected chi connectivity index (χ1v) is 11.4. The van der Waals surface area contributed by atoms with E-state index in [-0.39, 0.29) is 5.69 Å². The summed E-state index contributed by atoms with van der Waals surface area (Å²) < 4.78 is 22.3. The Kier molecular flexibility index (Phi) is 10.6. The molecule has 2 aromatic carbocycles. The second kappa shape index (κ2) is 13.4. The van der Waals surface area contributed by atoms with E-state index < -0.39 is 17.7 Å². The van der Waals surface area contributed by atoms with Crippen LogP contribution in [0.2, 0.25) is 5.02 Å². The van der Waals surface area contributed by atoms with Gasteiger partial charge in [-0.2, -0.15) is 10.2 Å². The van der Waals surface area contributed by atoms with Gasteiger partial charge in [0, 0.05) is 23.2 Å². The third-order valence-corrected chi connectivity index (χ3v) is 4.55. The lowest BCUT2D eigenvalue weighted by Gasteiger charge is -2.18. The first-order valence-electron chi connectivity index (χ1n) is 11.0. The lowest BCUT2D eigenvalue weighted by atomic mass is 10.2. The number of azo groups is 1. The predicted molar refractivity (Wildman–Crippen MR) is 130 cm³/mol. The van der Waals surface area contributed by atoms with Gasteiger partial charge in [-0.15, -0.1) is 0 Å². The summed E-state index contributed by atoms with van der Waals surface area (Å²) in [4.78, 5) is 25.4. The second-order valence-electron chi connectivity index (χ2n) is 6.86. The summed E-state index contributed by atoms with van der Waals surface area (Å²) in [5.41, 5.74) is 0.594. The molecular formula is C24H30ClN3O6. The topological polar surface area (TPSA) is 108 Å². The Morgan fingerprint density at radius 3 is 1.97 bits per heavy atom. The molecule has 2 aromatic rings. The number of halogens is 1. The van der Waals surface area contributed by atoms with Crippen molar-refractivity contribution in [1.29, 1.82) is 0 Å². The number of amides is 1. The van der Waals surface area contributed by atoms with E-state index in [2.05, 4.69) is 15.5 Å². The molecule has 0 spiro atoms. The van der Waals surface area contributed by atoms with Crippen LogP contribution in [0.15, 0.2) is 40.6 Å². The summed E-state index contributed by atoms with van der Waals surface area (Å²) in [6.07, 6.45) is 0. The van der Waals surface area contributed by atoms with Crippen molar-refractivity contribution in [3.63, 3.8) is 0 Å². The molecule has 9 nitrogen and oxygen atoms in total. The van der Waals surface area contributed by atoms with Gasteiger partial charge < -0.3 is 24.3 Å². The number of anilines is 1. The molecular weight excluding hydrogens is 462 g/mol. The monoisotopic (exact) mass is 491 g/mol. The van der Waals surface area contributed by atoms with Gasteiger partial charge in [-0.3, -0.25) is 9.59 Å². The van der Waals surface area contributed by atoms with Gasteiger partial charge in [0.15, 0.2) is 5.78 Å². The zero-order valence-corrected chi connectivity index (χ0v) is 20.8. The molecule has 0 aliphatic rings. The van der Waals surface area contributed by atoms with Crippen LogP contribution >= 0.6 is 11.6 Å². The highest BCUT2D eigenvalue weighted by molar-refractivity contribution is 6.31. The van der Waals surface area contributed by atoms with Crippen LogP contribution in [0, 0.1) is 0 Å². The van der Waals surface area contributed by atoms with E-state index in [1.165, 1.54) is 6.92 Å². The Morgan fingerprint density at radius 1 is 0.882 bits per heavy atom. The highest BCUT2D eigenvalue weighted by Gasteiger charge is 2.26. The van der Waals surface area contributed by atoms with Gasteiger partial charge in [0.25, 0.3) is 5.91 Å². The van der Waals surface area contributed by atoms with Gasteiger partial charge in [-0.05, 0) is 46.8 Å². The van der Waals surface area contributed by atoms with Crippen LogP contribution < -0.4 is 24.3 Å². The number of ketones is 1. The largest absolute Gasteiger partial charge is 0.494 e. The molecule has 0 radical (unpaired) electrons. The number of Topliss-reactive ketones (excluding diaryl/α,β-unsaturated/α-hetero) is 1. The van der Waals surface area contributed by atoms with Gasteiger partial charge >= 0.3 is 0 Å². The number of nitrogens with one attached hydrogen (secondary N) is 1. The summed E-state index contributed by atoms with van der Waals surface area (Å²) in [5, 5.41) is 11.2. The standard InChI is InChI=1S/C24H30ClN3O6/c1-6-31-17-10-11-19(32-7-2)18(14-17)27-28-22(15(5)29)24(30)26-23-20(33-8-3)12-16(25)13-21(23)34-9-4/h10-14,22H,6-9H2,1-5H3,(H,26,30). The molecule has 1 N–H and O–H groups in total. The Morgan fingerprint density at radius 2 is 1.44 bits per heavy atom. The lowest BCUT2D eigenvalue weighted by molar-refractivity contribution is -0.126. The summed E-state index contributed by atoms with van der Waals surface area (Å²) in [6, 6.07) is 6.77. The Bertz CT molecular complexity index is 1000. The molecule has 0 bridgehead atoms. The van der Waals surface area contributed by atoms with Gasteiger partial charge in [0.2, 0.25) is 6.04 Å². The van der Waals surface area contributed by atoms with Gasteiger partial charge in [0.05, 0.1) is 26.4 Å². The van der Waals surface area contributed by atoms with Crippen LogP contribution in [0.25, 0.3) is 0 Å². The molecule has 0 saturated heterocycles. The minimum atomic E-state index is -1.41. The highest BCUT2D eigenvalue weighted by Crippen LogP contribution is 2.38. The van der Waals surface area contributed by atoms with E-state index in [9.17, 15) is 9.59 Å². The normalized spacial score (nSPS) is 11.7. The van der Waals surface area contributed by atoms with Crippen molar-refractivity contribution >= 4 is 34.7 Å². The SMILES string of the molecule is CCOc1ccc(OCC)c(N=NC(C(C)=O)C(=O)Nc2c(OCC)cc(Cl)cc2OCC)c1. The van der Waals surface area contributed by atoms with Gasteiger partial charge in [0.1, 0.15) is 34.4 Å². The predicted octanol–water partition coefficient (Wildman–Crippen LogP) is 5.61. The molecule has 0 fully saturated rings. The second-order valence-corrected chi connectivity index (χ2v) is 7.29. The average molecular weight is 492 g/mol. The first-order chi connectivity index (χ1) is 16.3. The molecule has 1 atom stereocenters. The van der Waals surface area contributed by atoms with Crippen LogP contribution in [-0.4, -0.2) is 44.2 Å². The number of hydrogen-bond acceptors (Lipinski definition) is 8. The van der Waals surface area contributed by atoms with E-state index in [0.717, 1.165) is 0 Å². The zero-order valence-electron chi connectivity index (χ0n) is 20.0. The number of carbonyl (C=O) groups is 2. The van der Waals surface area contributed by atoms with Crippen LogP contribution in [0.4, 0.5) is 11.4 Å². The first kappa shape index (κ1) is 26.9. The molecule has 1 amide bonds. The molecule has 0 saturated carbocycles. The number of carbonyl (C=O) groups excluding carboxylic acids is 2. The van der Waals surface area contributed by atoms with Crippen LogP contribution in [0.3, 0.4) is 0 Å². The van der Waals surface area contributed by atoms with Crippen LogP contribution in [-0.2, 0) is 9.59 Å². The molecule has 0 aliphatic carbocycles. The Hall–Kier alpha value is -3.33. The molecule has 184 valence electrons. The summed E-state index contributed by atoms with van der Waals surface area (Å²) in [5.74, 6) is 0.451. The molecule has 0 heterocycles. The van der Waals surface area contributed by atoms with Gasteiger partial charge in [-0.25, -0.2) is 0 Å². The summed E-state index contributed by atoms with van der Waals surface area (Å²) >= 11 is 6.15. The number of benzene rings is 2. The number of nitrogens with zero attached hydrogens (tertiary/aromatic N) is 2. The molecule has 2 rings (SSSR count). The maximum absolute atomic E-state index is 13.1. The lowest BCUT2D eigenvalue weighted by Crippen LogP contribution is -2.32. The maximum Gasteiger partial charge on any atom is 0.259 e. The average Bonchev–Trinajstić information content (AvgIpc) is 2.78. The maximum atomic E-state index is 13.1. The minimum absolute atomic E-state index is 0.257. The molecule has 1 unspecified atom stereocenters. The van der Waals surface area contributed by atoms with Crippen LogP contribution in [0.1, 0.15) is 34.6 Å². The van der Waals surface area contributed by atoms with Crippen molar-refractivity contribution in [1.82, 2.24) is 0 Å². The number of rotatable bonds is 13. The van der Waals surface area contributed by atoms with E-state index >= 15 is 0 Å². The smallest absolute Gasteiger partial charge is 0.259 e. The van der Waals surface area contributed by atoms with E-state index in [1.807, 2.05) is 13.8 Å². The third kappa shape index (κ3) is 7.34.